The highest BCUT2D eigenvalue weighted by Crippen LogP contribution is 2.15. The summed E-state index contributed by atoms with van der Waals surface area (Å²) >= 11 is 0. The molecule has 0 fully saturated rings. The van der Waals surface area contributed by atoms with Crippen LogP contribution in [0.5, 0.6) is 0 Å². The number of hydrogen-bond donors (Lipinski definition) is 1. The van der Waals surface area contributed by atoms with Crippen LogP contribution < -0.4 is 0 Å². The van der Waals surface area contributed by atoms with Crippen molar-refractivity contribution < 1.29 is 14.3 Å². The SMILES string of the molecule is Cc1cc(Cn2ccnc2)oc1C(=O)O. The molecule has 0 saturated carbocycles. The summed E-state index contributed by atoms with van der Waals surface area (Å²) < 4.78 is 7.01. The van der Waals surface area contributed by atoms with Gasteiger partial charge in [0.2, 0.25) is 5.76 Å². The molecule has 0 radical (unpaired) electrons. The molecular weight excluding hydrogens is 196 g/mol. The lowest BCUT2D eigenvalue weighted by molar-refractivity contribution is 0.0659. The van der Waals surface area contributed by atoms with E-state index >= 15 is 0 Å². The molecule has 15 heavy (non-hydrogen) atoms. The van der Waals surface area contributed by atoms with Crippen molar-refractivity contribution in [3.05, 3.63) is 41.9 Å². The summed E-state index contributed by atoms with van der Waals surface area (Å²) in [6, 6.07) is 1.73. The second kappa shape index (κ2) is 3.61. The molecule has 2 aromatic heterocycles. The van der Waals surface area contributed by atoms with Crippen molar-refractivity contribution in [2.45, 2.75) is 13.5 Å². The topological polar surface area (TPSA) is 68.3 Å². The third-order valence-electron chi connectivity index (χ3n) is 2.06. The van der Waals surface area contributed by atoms with Gasteiger partial charge in [-0.3, -0.25) is 0 Å². The van der Waals surface area contributed by atoms with Crippen LogP contribution in [0.25, 0.3) is 0 Å². The summed E-state index contributed by atoms with van der Waals surface area (Å²) in [5, 5.41) is 8.79. The van der Waals surface area contributed by atoms with Crippen molar-refractivity contribution in [1.29, 1.82) is 0 Å². The minimum Gasteiger partial charge on any atom is -0.475 e. The standard InChI is InChI=1S/C10H10N2O3/c1-7-4-8(15-9(7)10(13)14)5-12-3-2-11-6-12/h2-4,6H,5H2,1H3,(H,13,14). The van der Waals surface area contributed by atoms with Gasteiger partial charge >= 0.3 is 5.97 Å². The molecule has 78 valence electrons. The fourth-order valence-electron chi connectivity index (χ4n) is 1.40. The van der Waals surface area contributed by atoms with Gasteiger partial charge in [-0.2, -0.15) is 0 Å². The maximum absolute atomic E-state index is 10.7. The number of aromatic carboxylic acids is 1. The van der Waals surface area contributed by atoms with Gasteiger partial charge in [0.05, 0.1) is 12.9 Å². The highest BCUT2D eigenvalue weighted by molar-refractivity contribution is 5.86. The molecule has 2 aromatic rings. The molecule has 0 atom stereocenters. The van der Waals surface area contributed by atoms with E-state index in [0.29, 0.717) is 17.9 Å². The smallest absolute Gasteiger partial charge is 0.372 e. The first-order chi connectivity index (χ1) is 7.16. The van der Waals surface area contributed by atoms with E-state index in [-0.39, 0.29) is 5.76 Å². The van der Waals surface area contributed by atoms with Crippen molar-refractivity contribution in [2.75, 3.05) is 0 Å². The van der Waals surface area contributed by atoms with Crippen molar-refractivity contribution in [3.63, 3.8) is 0 Å². The quantitative estimate of drug-likeness (QED) is 0.826. The van der Waals surface area contributed by atoms with Gasteiger partial charge in [0.15, 0.2) is 0 Å². The first kappa shape index (κ1) is 9.51. The first-order valence-electron chi connectivity index (χ1n) is 4.45. The van der Waals surface area contributed by atoms with E-state index in [1.165, 1.54) is 0 Å². The third-order valence-corrected chi connectivity index (χ3v) is 2.06. The molecule has 5 heteroatoms. The van der Waals surface area contributed by atoms with Gasteiger partial charge in [0, 0.05) is 18.0 Å². The Morgan fingerprint density at radius 2 is 2.47 bits per heavy atom. The Morgan fingerprint density at radius 1 is 1.67 bits per heavy atom. The number of nitrogens with zero attached hydrogens (tertiary/aromatic N) is 2. The Balaban J connectivity index is 2.23. The molecule has 0 amide bonds. The molecule has 2 heterocycles. The Kier molecular flexibility index (Phi) is 2.29. The van der Waals surface area contributed by atoms with Crippen molar-refractivity contribution in [1.82, 2.24) is 9.55 Å². The molecule has 0 bridgehead atoms. The second-order valence-electron chi connectivity index (χ2n) is 3.27. The van der Waals surface area contributed by atoms with Crippen LogP contribution in [0.4, 0.5) is 0 Å². The number of aryl methyl sites for hydroxylation is 1. The maximum atomic E-state index is 10.7. The highest BCUT2D eigenvalue weighted by Gasteiger charge is 2.14. The van der Waals surface area contributed by atoms with Gasteiger partial charge in [-0.25, -0.2) is 9.78 Å². The fourth-order valence-corrected chi connectivity index (χ4v) is 1.40. The monoisotopic (exact) mass is 206 g/mol. The van der Waals surface area contributed by atoms with Gasteiger partial charge in [-0.1, -0.05) is 0 Å². The minimum atomic E-state index is -1.04. The van der Waals surface area contributed by atoms with Gasteiger partial charge in [-0.05, 0) is 13.0 Å². The second-order valence-corrected chi connectivity index (χ2v) is 3.27. The minimum absolute atomic E-state index is 0.00474. The lowest BCUT2D eigenvalue weighted by atomic mass is 10.2. The first-order valence-corrected chi connectivity index (χ1v) is 4.45. The summed E-state index contributed by atoms with van der Waals surface area (Å²) in [6.07, 6.45) is 5.10. The number of carboxylic acids is 1. The van der Waals surface area contributed by atoms with E-state index in [2.05, 4.69) is 4.98 Å². The maximum Gasteiger partial charge on any atom is 0.372 e. The Hall–Kier alpha value is -2.04. The number of carbonyl (C=O) groups is 1. The van der Waals surface area contributed by atoms with Gasteiger partial charge in [0.1, 0.15) is 5.76 Å². The molecule has 0 saturated heterocycles. The number of furan rings is 1. The lowest BCUT2D eigenvalue weighted by Crippen LogP contribution is -1.96. The van der Waals surface area contributed by atoms with Crippen molar-refractivity contribution in [2.24, 2.45) is 0 Å². The average Bonchev–Trinajstić information content (AvgIpc) is 2.75. The van der Waals surface area contributed by atoms with Gasteiger partial charge in [-0.15, -0.1) is 0 Å². The zero-order chi connectivity index (χ0) is 10.8. The van der Waals surface area contributed by atoms with Crippen molar-refractivity contribution in [3.8, 4) is 0 Å². The van der Waals surface area contributed by atoms with Crippen LogP contribution in [0, 0.1) is 6.92 Å². The molecule has 0 spiro atoms. The molecular formula is C10H10N2O3. The summed E-state index contributed by atoms with van der Waals surface area (Å²) in [7, 11) is 0. The van der Waals surface area contributed by atoms with Crippen molar-refractivity contribution >= 4 is 5.97 Å². The van der Waals surface area contributed by atoms with Gasteiger partial charge < -0.3 is 14.1 Å². The average molecular weight is 206 g/mol. The van der Waals surface area contributed by atoms with E-state index in [0.717, 1.165) is 0 Å². The summed E-state index contributed by atoms with van der Waals surface area (Å²) in [4.78, 5) is 14.6. The van der Waals surface area contributed by atoms with Crippen LogP contribution in [-0.2, 0) is 6.54 Å². The zero-order valence-electron chi connectivity index (χ0n) is 8.17. The zero-order valence-corrected chi connectivity index (χ0v) is 8.17. The molecule has 0 aromatic carbocycles. The fraction of sp³-hybridized carbons (Fsp3) is 0.200. The molecule has 0 aliphatic carbocycles. The molecule has 0 aliphatic heterocycles. The van der Waals surface area contributed by atoms with Gasteiger partial charge in [0.25, 0.3) is 0 Å². The predicted octanol–water partition coefficient (Wildman–Crippen LogP) is 1.53. The number of rotatable bonds is 3. The normalized spacial score (nSPS) is 10.5. The largest absolute Gasteiger partial charge is 0.475 e. The Labute approximate surface area is 86.0 Å². The summed E-state index contributed by atoms with van der Waals surface area (Å²) in [6.45, 7) is 2.21. The number of carboxylic acid groups (broad SMARTS) is 1. The number of hydrogen-bond acceptors (Lipinski definition) is 3. The van der Waals surface area contributed by atoms with Crippen LogP contribution in [-0.4, -0.2) is 20.6 Å². The van der Waals surface area contributed by atoms with E-state index in [4.69, 9.17) is 9.52 Å². The Bertz CT molecular complexity index is 471. The molecule has 1 N–H and O–H groups in total. The van der Waals surface area contributed by atoms with Crippen LogP contribution >= 0.6 is 0 Å². The van der Waals surface area contributed by atoms with Crippen LogP contribution in [0.1, 0.15) is 21.9 Å². The van der Waals surface area contributed by atoms with E-state index in [1.54, 1.807) is 31.7 Å². The molecule has 5 nitrogen and oxygen atoms in total. The third kappa shape index (κ3) is 1.90. The van der Waals surface area contributed by atoms with E-state index in [9.17, 15) is 4.79 Å². The number of imidazole rings is 1. The lowest BCUT2D eigenvalue weighted by Gasteiger charge is -1.96. The Morgan fingerprint density at radius 3 is 3.00 bits per heavy atom. The van der Waals surface area contributed by atoms with E-state index < -0.39 is 5.97 Å². The summed E-state index contributed by atoms with van der Waals surface area (Å²) in [5.74, 6) is -0.419. The molecule has 0 unspecified atom stereocenters. The molecule has 0 aliphatic rings. The molecule has 2 rings (SSSR count). The van der Waals surface area contributed by atoms with Crippen LogP contribution in [0.2, 0.25) is 0 Å². The number of aromatic nitrogens is 2. The van der Waals surface area contributed by atoms with E-state index in [1.807, 2.05) is 4.57 Å². The summed E-state index contributed by atoms with van der Waals surface area (Å²) in [5.41, 5.74) is 0.637. The van der Waals surface area contributed by atoms with Crippen LogP contribution in [0.3, 0.4) is 0 Å². The van der Waals surface area contributed by atoms with Crippen LogP contribution in [0.15, 0.2) is 29.2 Å². The predicted molar refractivity (Wildman–Crippen MR) is 51.7 cm³/mol. The highest BCUT2D eigenvalue weighted by atomic mass is 16.4.